The summed E-state index contributed by atoms with van der Waals surface area (Å²) in [6.45, 7) is 6.64. The van der Waals surface area contributed by atoms with E-state index in [4.69, 9.17) is 4.98 Å². The molecule has 0 amide bonds. The van der Waals surface area contributed by atoms with Crippen molar-refractivity contribution in [3.05, 3.63) is 10.6 Å². The van der Waals surface area contributed by atoms with E-state index in [1.807, 2.05) is 18.4 Å². The van der Waals surface area contributed by atoms with Crippen LogP contribution in [0.2, 0.25) is 0 Å². The SMILES string of the molecule is CCCC1CCCCN1c1nc(CC)c(CNC)s1. The Morgan fingerprint density at radius 3 is 2.89 bits per heavy atom. The number of rotatable bonds is 6. The van der Waals surface area contributed by atoms with Crippen molar-refractivity contribution in [3.8, 4) is 0 Å². The van der Waals surface area contributed by atoms with Crippen LogP contribution in [-0.2, 0) is 13.0 Å². The fourth-order valence-corrected chi connectivity index (χ4v) is 4.21. The quantitative estimate of drug-likeness (QED) is 0.864. The van der Waals surface area contributed by atoms with Gasteiger partial charge in [-0.1, -0.05) is 20.3 Å². The van der Waals surface area contributed by atoms with Crippen LogP contribution in [0.1, 0.15) is 56.5 Å². The highest BCUT2D eigenvalue weighted by atomic mass is 32.1. The van der Waals surface area contributed by atoms with E-state index >= 15 is 0 Å². The zero-order valence-corrected chi connectivity index (χ0v) is 13.4. The molecule has 1 aromatic rings. The summed E-state index contributed by atoms with van der Waals surface area (Å²) >= 11 is 1.90. The molecular weight excluding hydrogens is 254 g/mol. The van der Waals surface area contributed by atoms with Crippen molar-refractivity contribution in [2.24, 2.45) is 0 Å². The molecule has 1 atom stereocenters. The van der Waals surface area contributed by atoms with Gasteiger partial charge in [0, 0.05) is 24.0 Å². The molecule has 1 aliphatic rings. The Morgan fingerprint density at radius 1 is 1.37 bits per heavy atom. The average molecular weight is 281 g/mol. The van der Waals surface area contributed by atoms with Gasteiger partial charge in [-0.2, -0.15) is 0 Å². The lowest BCUT2D eigenvalue weighted by atomic mass is 9.99. The molecular formula is C15H27N3S. The molecule has 0 spiro atoms. The summed E-state index contributed by atoms with van der Waals surface area (Å²) in [5.41, 5.74) is 1.29. The van der Waals surface area contributed by atoms with Crippen LogP contribution < -0.4 is 10.2 Å². The summed E-state index contributed by atoms with van der Waals surface area (Å²) in [6.07, 6.45) is 7.67. The van der Waals surface area contributed by atoms with Crippen LogP contribution >= 0.6 is 11.3 Å². The van der Waals surface area contributed by atoms with Crippen LogP contribution in [0.15, 0.2) is 0 Å². The largest absolute Gasteiger partial charge is 0.345 e. The van der Waals surface area contributed by atoms with Gasteiger partial charge in [-0.05, 0) is 39.2 Å². The number of hydrogen-bond donors (Lipinski definition) is 1. The molecule has 0 bridgehead atoms. The zero-order chi connectivity index (χ0) is 13.7. The minimum Gasteiger partial charge on any atom is -0.345 e. The second-order valence-electron chi connectivity index (χ2n) is 5.38. The van der Waals surface area contributed by atoms with Gasteiger partial charge in [-0.3, -0.25) is 0 Å². The monoisotopic (exact) mass is 281 g/mol. The molecule has 2 rings (SSSR count). The van der Waals surface area contributed by atoms with Gasteiger partial charge in [0.05, 0.1) is 5.69 Å². The molecule has 0 saturated carbocycles. The predicted molar refractivity (Wildman–Crippen MR) is 84.1 cm³/mol. The van der Waals surface area contributed by atoms with E-state index in [-0.39, 0.29) is 0 Å². The molecule has 1 N–H and O–H groups in total. The third kappa shape index (κ3) is 3.48. The molecule has 3 nitrogen and oxygen atoms in total. The van der Waals surface area contributed by atoms with E-state index in [0.29, 0.717) is 0 Å². The molecule has 1 saturated heterocycles. The Labute approximate surface area is 121 Å². The van der Waals surface area contributed by atoms with Gasteiger partial charge >= 0.3 is 0 Å². The first-order chi connectivity index (χ1) is 9.30. The number of nitrogens with zero attached hydrogens (tertiary/aromatic N) is 2. The van der Waals surface area contributed by atoms with Gasteiger partial charge < -0.3 is 10.2 Å². The highest BCUT2D eigenvalue weighted by molar-refractivity contribution is 7.15. The molecule has 1 aromatic heterocycles. The van der Waals surface area contributed by atoms with Crippen molar-refractivity contribution in [2.75, 3.05) is 18.5 Å². The maximum Gasteiger partial charge on any atom is 0.186 e. The smallest absolute Gasteiger partial charge is 0.186 e. The Balaban J connectivity index is 2.18. The van der Waals surface area contributed by atoms with Crippen LogP contribution in [0.3, 0.4) is 0 Å². The molecule has 4 heteroatoms. The van der Waals surface area contributed by atoms with Crippen LogP contribution in [0.5, 0.6) is 0 Å². The molecule has 0 aromatic carbocycles. The summed E-state index contributed by atoms with van der Waals surface area (Å²) in [5.74, 6) is 0. The lowest BCUT2D eigenvalue weighted by Gasteiger charge is -2.35. The van der Waals surface area contributed by atoms with E-state index in [1.54, 1.807) is 0 Å². The predicted octanol–water partition coefficient (Wildman–Crippen LogP) is 3.58. The topological polar surface area (TPSA) is 28.2 Å². The third-order valence-corrected chi connectivity index (χ3v) is 5.07. The molecule has 1 aliphatic heterocycles. The second-order valence-corrected chi connectivity index (χ2v) is 6.44. The Hall–Kier alpha value is -0.610. The molecule has 1 unspecified atom stereocenters. The van der Waals surface area contributed by atoms with E-state index in [0.717, 1.165) is 19.0 Å². The molecule has 19 heavy (non-hydrogen) atoms. The van der Waals surface area contributed by atoms with Crippen molar-refractivity contribution in [1.29, 1.82) is 0 Å². The van der Waals surface area contributed by atoms with Crippen LogP contribution in [0, 0.1) is 0 Å². The fourth-order valence-electron chi connectivity index (χ4n) is 2.95. The van der Waals surface area contributed by atoms with Gasteiger partial charge in [-0.15, -0.1) is 11.3 Å². The zero-order valence-electron chi connectivity index (χ0n) is 12.5. The third-order valence-electron chi connectivity index (χ3n) is 3.93. The van der Waals surface area contributed by atoms with Crippen molar-refractivity contribution >= 4 is 16.5 Å². The number of aryl methyl sites for hydroxylation is 1. The number of hydrogen-bond acceptors (Lipinski definition) is 4. The molecule has 2 heterocycles. The molecule has 0 aliphatic carbocycles. The van der Waals surface area contributed by atoms with Gasteiger partial charge in [0.2, 0.25) is 0 Å². The number of nitrogens with one attached hydrogen (secondary N) is 1. The maximum absolute atomic E-state index is 4.91. The van der Waals surface area contributed by atoms with Crippen molar-refractivity contribution in [3.63, 3.8) is 0 Å². The number of piperidine rings is 1. The van der Waals surface area contributed by atoms with Gasteiger partial charge in [0.15, 0.2) is 5.13 Å². The summed E-state index contributed by atoms with van der Waals surface area (Å²) < 4.78 is 0. The average Bonchev–Trinajstić information content (AvgIpc) is 2.83. The Morgan fingerprint density at radius 2 is 2.21 bits per heavy atom. The normalized spacial score (nSPS) is 19.9. The Bertz CT molecular complexity index is 387. The molecule has 0 radical (unpaired) electrons. The maximum atomic E-state index is 4.91. The summed E-state index contributed by atoms with van der Waals surface area (Å²) in [4.78, 5) is 8.90. The van der Waals surface area contributed by atoms with Crippen molar-refractivity contribution in [1.82, 2.24) is 10.3 Å². The highest BCUT2D eigenvalue weighted by Gasteiger charge is 2.25. The first kappa shape index (κ1) is 14.8. The first-order valence-corrected chi connectivity index (χ1v) is 8.51. The minimum atomic E-state index is 0.719. The standard InChI is InChI=1S/C15H27N3S/c1-4-8-12-9-6-7-10-18(12)15-17-13(5-2)14(19-15)11-16-3/h12,16H,4-11H2,1-3H3. The van der Waals surface area contributed by atoms with Crippen molar-refractivity contribution < 1.29 is 0 Å². The lowest BCUT2D eigenvalue weighted by molar-refractivity contribution is 0.434. The number of aromatic nitrogens is 1. The summed E-state index contributed by atoms with van der Waals surface area (Å²) in [5, 5.41) is 4.53. The molecule has 108 valence electrons. The molecule has 1 fully saturated rings. The second kappa shape index (κ2) is 7.25. The van der Waals surface area contributed by atoms with E-state index < -0.39 is 0 Å². The van der Waals surface area contributed by atoms with Gasteiger partial charge in [-0.25, -0.2) is 4.98 Å². The summed E-state index contributed by atoms with van der Waals surface area (Å²) in [7, 11) is 2.01. The van der Waals surface area contributed by atoms with E-state index in [9.17, 15) is 0 Å². The number of anilines is 1. The lowest BCUT2D eigenvalue weighted by Crippen LogP contribution is -2.39. The minimum absolute atomic E-state index is 0.719. The van der Waals surface area contributed by atoms with Gasteiger partial charge in [0.25, 0.3) is 0 Å². The Kier molecular flexibility index (Phi) is 5.64. The van der Waals surface area contributed by atoms with Gasteiger partial charge in [0.1, 0.15) is 0 Å². The van der Waals surface area contributed by atoms with Crippen molar-refractivity contribution in [2.45, 2.75) is 65.0 Å². The summed E-state index contributed by atoms with van der Waals surface area (Å²) in [6, 6.07) is 0.719. The van der Waals surface area contributed by atoms with E-state index in [1.165, 1.54) is 54.4 Å². The van der Waals surface area contributed by atoms with Crippen LogP contribution in [0.25, 0.3) is 0 Å². The van der Waals surface area contributed by atoms with Crippen LogP contribution in [0.4, 0.5) is 5.13 Å². The number of thiazole rings is 1. The fraction of sp³-hybridized carbons (Fsp3) is 0.800. The van der Waals surface area contributed by atoms with Crippen LogP contribution in [-0.4, -0.2) is 24.6 Å². The first-order valence-electron chi connectivity index (χ1n) is 7.69. The van der Waals surface area contributed by atoms with E-state index in [2.05, 4.69) is 24.1 Å². The highest BCUT2D eigenvalue weighted by Crippen LogP contribution is 2.32.